The van der Waals surface area contributed by atoms with E-state index in [1.807, 2.05) is 19.9 Å². The molecular formula is C18H28FN3O2. The van der Waals surface area contributed by atoms with E-state index in [1.54, 1.807) is 13.0 Å². The summed E-state index contributed by atoms with van der Waals surface area (Å²) in [5.41, 5.74) is -0.0381. The summed E-state index contributed by atoms with van der Waals surface area (Å²) in [6.07, 6.45) is 1.62. The van der Waals surface area contributed by atoms with Gasteiger partial charge in [-0.25, -0.2) is 9.18 Å². The van der Waals surface area contributed by atoms with Gasteiger partial charge >= 0.3 is 6.03 Å². The Hall–Kier alpha value is -1.82. The highest BCUT2D eigenvalue weighted by Crippen LogP contribution is 2.20. The second-order valence-electron chi connectivity index (χ2n) is 7.08. The maximum absolute atomic E-state index is 13.3. The zero-order chi connectivity index (χ0) is 17.7. The average Bonchev–Trinajstić information content (AvgIpc) is 2.53. The Morgan fingerprint density at radius 1 is 1.42 bits per heavy atom. The number of carbonyl (C=O) groups is 1. The number of benzene rings is 1. The lowest BCUT2D eigenvalue weighted by atomic mass is 9.93. The number of rotatable bonds is 5. The minimum absolute atomic E-state index is 0.0623. The minimum Gasteiger partial charge on any atom is -0.388 e. The van der Waals surface area contributed by atoms with E-state index >= 15 is 0 Å². The van der Waals surface area contributed by atoms with Crippen molar-refractivity contribution in [1.29, 1.82) is 0 Å². The SMILES string of the molecule is CC(C)C(C)(O)CNC(=O)NC1CCN(c2cccc(F)c2)CC1. The molecule has 5 nitrogen and oxygen atoms in total. The Morgan fingerprint density at radius 3 is 2.67 bits per heavy atom. The Labute approximate surface area is 143 Å². The first-order valence-corrected chi connectivity index (χ1v) is 8.55. The number of aliphatic hydroxyl groups is 1. The van der Waals surface area contributed by atoms with Crippen LogP contribution in [0, 0.1) is 11.7 Å². The summed E-state index contributed by atoms with van der Waals surface area (Å²) in [5, 5.41) is 15.8. The van der Waals surface area contributed by atoms with Gasteiger partial charge in [-0.05, 0) is 43.9 Å². The molecule has 1 unspecified atom stereocenters. The lowest BCUT2D eigenvalue weighted by Gasteiger charge is -2.34. The topological polar surface area (TPSA) is 64.6 Å². The predicted octanol–water partition coefficient (Wildman–Crippen LogP) is 2.50. The molecule has 1 aromatic carbocycles. The van der Waals surface area contributed by atoms with Gasteiger partial charge in [-0.1, -0.05) is 19.9 Å². The van der Waals surface area contributed by atoms with Crippen LogP contribution in [0.25, 0.3) is 0 Å². The molecule has 1 aliphatic heterocycles. The third kappa shape index (κ3) is 5.09. The Bertz CT molecular complexity index is 555. The van der Waals surface area contributed by atoms with Crippen molar-refractivity contribution in [2.24, 2.45) is 5.92 Å². The van der Waals surface area contributed by atoms with Gasteiger partial charge in [0.25, 0.3) is 0 Å². The number of nitrogens with one attached hydrogen (secondary N) is 2. The van der Waals surface area contributed by atoms with Crippen molar-refractivity contribution in [3.63, 3.8) is 0 Å². The van der Waals surface area contributed by atoms with Gasteiger partial charge in [-0.2, -0.15) is 0 Å². The Kier molecular flexibility index (Phi) is 6.04. The molecule has 1 aromatic rings. The van der Waals surface area contributed by atoms with E-state index in [-0.39, 0.29) is 30.4 Å². The maximum Gasteiger partial charge on any atom is 0.315 e. The van der Waals surface area contributed by atoms with E-state index in [0.717, 1.165) is 31.6 Å². The van der Waals surface area contributed by atoms with Gasteiger partial charge in [-0.15, -0.1) is 0 Å². The maximum atomic E-state index is 13.3. The van der Waals surface area contributed by atoms with Crippen molar-refractivity contribution >= 4 is 11.7 Å². The van der Waals surface area contributed by atoms with Gasteiger partial charge in [0.1, 0.15) is 5.82 Å². The number of carbonyl (C=O) groups excluding carboxylic acids is 1. The van der Waals surface area contributed by atoms with Crippen molar-refractivity contribution in [2.45, 2.75) is 45.3 Å². The Balaban J connectivity index is 1.76. The zero-order valence-corrected chi connectivity index (χ0v) is 14.7. The average molecular weight is 337 g/mol. The molecule has 0 aromatic heterocycles. The fraction of sp³-hybridized carbons (Fsp3) is 0.611. The first kappa shape index (κ1) is 18.5. The summed E-state index contributed by atoms with van der Waals surface area (Å²) in [5.74, 6) is -0.170. The zero-order valence-electron chi connectivity index (χ0n) is 14.7. The molecule has 134 valence electrons. The summed E-state index contributed by atoms with van der Waals surface area (Å²) in [6, 6.07) is 6.43. The number of halogens is 1. The number of urea groups is 1. The second kappa shape index (κ2) is 7.83. The first-order chi connectivity index (χ1) is 11.3. The van der Waals surface area contributed by atoms with Gasteiger partial charge in [0.05, 0.1) is 5.60 Å². The molecule has 1 aliphatic rings. The normalized spacial score (nSPS) is 18.3. The second-order valence-corrected chi connectivity index (χ2v) is 7.08. The van der Waals surface area contributed by atoms with Crippen LogP contribution in [0.2, 0.25) is 0 Å². The van der Waals surface area contributed by atoms with Crippen LogP contribution in [-0.4, -0.2) is 42.4 Å². The number of nitrogens with zero attached hydrogens (tertiary/aromatic N) is 1. The lowest BCUT2D eigenvalue weighted by molar-refractivity contribution is 0.0165. The summed E-state index contributed by atoms with van der Waals surface area (Å²) in [7, 11) is 0. The van der Waals surface area contributed by atoms with E-state index in [4.69, 9.17) is 0 Å². The van der Waals surface area contributed by atoms with Crippen molar-refractivity contribution < 1.29 is 14.3 Å². The van der Waals surface area contributed by atoms with Crippen LogP contribution < -0.4 is 15.5 Å². The molecule has 0 radical (unpaired) electrons. The lowest BCUT2D eigenvalue weighted by Crippen LogP contribution is -2.51. The van der Waals surface area contributed by atoms with Crippen LogP contribution in [0.5, 0.6) is 0 Å². The Morgan fingerprint density at radius 2 is 2.08 bits per heavy atom. The number of amides is 2. The van der Waals surface area contributed by atoms with Crippen LogP contribution >= 0.6 is 0 Å². The standard InChI is InChI=1S/C18H28FN3O2/c1-13(2)18(3,24)12-20-17(23)21-15-7-9-22(10-8-15)16-6-4-5-14(19)11-16/h4-6,11,13,15,24H,7-10,12H2,1-3H3,(H2,20,21,23). The molecule has 24 heavy (non-hydrogen) atoms. The summed E-state index contributed by atoms with van der Waals surface area (Å²) >= 11 is 0. The quantitative estimate of drug-likeness (QED) is 0.773. The van der Waals surface area contributed by atoms with Crippen molar-refractivity contribution in [1.82, 2.24) is 10.6 Å². The molecule has 0 aliphatic carbocycles. The highest BCUT2D eigenvalue weighted by Gasteiger charge is 2.26. The van der Waals surface area contributed by atoms with E-state index in [2.05, 4.69) is 15.5 Å². The highest BCUT2D eigenvalue weighted by atomic mass is 19.1. The van der Waals surface area contributed by atoms with E-state index < -0.39 is 5.60 Å². The van der Waals surface area contributed by atoms with E-state index in [1.165, 1.54) is 12.1 Å². The van der Waals surface area contributed by atoms with Gasteiger partial charge in [0.15, 0.2) is 0 Å². The minimum atomic E-state index is -0.919. The van der Waals surface area contributed by atoms with Gasteiger partial charge in [-0.3, -0.25) is 0 Å². The molecule has 0 spiro atoms. The van der Waals surface area contributed by atoms with Crippen LogP contribution in [0.15, 0.2) is 24.3 Å². The molecule has 6 heteroatoms. The summed E-state index contributed by atoms with van der Waals surface area (Å²) in [6.45, 7) is 7.33. The van der Waals surface area contributed by atoms with Crippen LogP contribution in [-0.2, 0) is 0 Å². The van der Waals surface area contributed by atoms with Crippen LogP contribution in [0.3, 0.4) is 0 Å². The molecule has 2 rings (SSSR count). The molecule has 0 saturated carbocycles. The molecule has 1 atom stereocenters. The largest absolute Gasteiger partial charge is 0.388 e. The molecule has 0 bridgehead atoms. The third-order valence-corrected chi connectivity index (χ3v) is 4.85. The van der Waals surface area contributed by atoms with Gasteiger partial charge < -0.3 is 20.6 Å². The molecular weight excluding hydrogens is 309 g/mol. The molecule has 1 fully saturated rings. The molecule has 1 saturated heterocycles. The fourth-order valence-electron chi connectivity index (χ4n) is 2.65. The number of piperidine rings is 1. The van der Waals surface area contributed by atoms with E-state index in [0.29, 0.717) is 0 Å². The predicted molar refractivity (Wildman–Crippen MR) is 93.6 cm³/mol. The van der Waals surface area contributed by atoms with E-state index in [9.17, 15) is 14.3 Å². The van der Waals surface area contributed by atoms with Crippen molar-refractivity contribution in [3.05, 3.63) is 30.1 Å². The number of hydrogen-bond donors (Lipinski definition) is 3. The molecule has 1 heterocycles. The summed E-state index contributed by atoms with van der Waals surface area (Å²) < 4.78 is 13.3. The monoisotopic (exact) mass is 337 g/mol. The number of anilines is 1. The third-order valence-electron chi connectivity index (χ3n) is 4.85. The summed E-state index contributed by atoms with van der Waals surface area (Å²) in [4.78, 5) is 14.1. The molecule has 3 N–H and O–H groups in total. The van der Waals surface area contributed by atoms with Crippen molar-refractivity contribution in [2.75, 3.05) is 24.5 Å². The van der Waals surface area contributed by atoms with Crippen molar-refractivity contribution in [3.8, 4) is 0 Å². The molecule has 2 amide bonds. The van der Waals surface area contributed by atoms with Crippen LogP contribution in [0.1, 0.15) is 33.6 Å². The smallest absolute Gasteiger partial charge is 0.315 e. The highest BCUT2D eigenvalue weighted by molar-refractivity contribution is 5.74. The number of hydrogen-bond acceptors (Lipinski definition) is 3. The fourth-order valence-corrected chi connectivity index (χ4v) is 2.65. The van der Waals surface area contributed by atoms with Crippen LogP contribution in [0.4, 0.5) is 14.9 Å². The first-order valence-electron chi connectivity index (χ1n) is 8.55. The van der Waals surface area contributed by atoms with Gasteiger partial charge in [0.2, 0.25) is 0 Å². The van der Waals surface area contributed by atoms with Gasteiger partial charge in [0, 0.05) is 31.4 Å².